The fourth-order valence-corrected chi connectivity index (χ4v) is 3.36. The third-order valence-corrected chi connectivity index (χ3v) is 4.53. The predicted octanol–water partition coefficient (Wildman–Crippen LogP) is 3.95. The second-order valence-electron chi connectivity index (χ2n) is 6.18. The molecule has 0 unspecified atom stereocenters. The molecule has 4 nitrogen and oxygen atoms in total. The molecule has 128 valence electrons. The molecule has 0 amide bonds. The predicted molar refractivity (Wildman–Crippen MR) is 94.3 cm³/mol. The summed E-state index contributed by atoms with van der Waals surface area (Å²) in [5, 5.41) is 10.4. The second-order valence-corrected chi connectivity index (χ2v) is 6.18. The average Bonchev–Trinajstić information content (AvgIpc) is 2.64. The molecule has 0 bridgehead atoms. The van der Waals surface area contributed by atoms with Crippen LogP contribution in [-0.4, -0.2) is 37.0 Å². The highest BCUT2D eigenvalue weighted by atomic mass is 16.7. The first-order chi connectivity index (χ1) is 11.8. The van der Waals surface area contributed by atoms with Crippen LogP contribution in [0.15, 0.2) is 48.5 Å². The molecule has 0 aliphatic carbocycles. The molecule has 1 aliphatic heterocycles. The fraction of sp³-hybridized carbons (Fsp3) is 0.400. The Morgan fingerprint density at radius 1 is 1.00 bits per heavy atom. The van der Waals surface area contributed by atoms with E-state index >= 15 is 0 Å². The molecule has 0 aromatic heterocycles. The molecule has 3 rings (SSSR count). The standard InChI is InChI=1S/C20H25NO3/c1-23-15-24-17-11-9-16(10-12-17)20(21-13-5-2-6-14-21)18-7-3-4-8-19(18)22/h3-4,7-12,20,22H,2,5-6,13-15H2,1H3/t20-/m1/s1. The maximum atomic E-state index is 10.4. The molecule has 4 heteroatoms. The van der Waals surface area contributed by atoms with Gasteiger partial charge in [-0.3, -0.25) is 4.90 Å². The zero-order chi connectivity index (χ0) is 16.8. The van der Waals surface area contributed by atoms with Gasteiger partial charge in [-0.05, 0) is 49.7 Å². The van der Waals surface area contributed by atoms with Crippen LogP contribution >= 0.6 is 0 Å². The van der Waals surface area contributed by atoms with Crippen molar-refractivity contribution in [1.82, 2.24) is 4.90 Å². The molecular weight excluding hydrogens is 302 g/mol. The van der Waals surface area contributed by atoms with E-state index in [1.165, 1.54) is 24.8 Å². The third-order valence-electron chi connectivity index (χ3n) is 4.53. The number of ether oxygens (including phenoxy) is 2. The lowest BCUT2D eigenvalue weighted by atomic mass is 9.94. The molecule has 1 heterocycles. The lowest BCUT2D eigenvalue weighted by Crippen LogP contribution is -2.34. The van der Waals surface area contributed by atoms with Crippen molar-refractivity contribution in [3.63, 3.8) is 0 Å². The highest BCUT2D eigenvalue weighted by Crippen LogP contribution is 2.36. The highest BCUT2D eigenvalue weighted by molar-refractivity contribution is 5.42. The van der Waals surface area contributed by atoms with E-state index < -0.39 is 0 Å². The van der Waals surface area contributed by atoms with E-state index in [4.69, 9.17) is 9.47 Å². The Morgan fingerprint density at radius 3 is 2.38 bits per heavy atom. The van der Waals surface area contributed by atoms with Gasteiger partial charge in [-0.25, -0.2) is 0 Å². The van der Waals surface area contributed by atoms with E-state index in [9.17, 15) is 5.11 Å². The van der Waals surface area contributed by atoms with Crippen molar-refractivity contribution < 1.29 is 14.6 Å². The minimum Gasteiger partial charge on any atom is -0.508 e. The highest BCUT2D eigenvalue weighted by Gasteiger charge is 2.25. The molecule has 2 aromatic carbocycles. The van der Waals surface area contributed by atoms with Gasteiger partial charge in [0.25, 0.3) is 0 Å². The molecule has 0 saturated carbocycles. The Labute approximate surface area is 143 Å². The van der Waals surface area contributed by atoms with Gasteiger partial charge in [-0.2, -0.15) is 0 Å². The van der Waals surface area contributed by atoms with Gasteiger partial charge >= 0.3 is 0 Å². The van der Waals surface area contributed by atoms with Gasteiger partial charge in [0, 0.05) is 12.7 Å². The van der Waals surface area contributed by atoms with Crippen molar-refractivity contribution in [3.8, 4) is 11.5 Å². The lowest BCUT2D eigenvalue weighted by Gasteiger charge is -2.35. The Balaban J connectivity index is 1.90. The monoisotopic (exact) mass is 327 g/mol. The molecule has 0 radical (unpaired) electrons. The van der Waals surface area contributed by atoms with E-state index in [0.29, 0.717) is 5.75 Å². The van der Waals surface area contributed by atoms with Crippen molar-refractivity contribution in [1.29, 1.82) is 0 Å². The van der Waals surface area contributed by atoms with E-state index in [0.717, 1.165) is 24.4 Å². The zero-order valence-corrected chi connectivity index (χ0v) is 14.1. The van der Waals surface area contributed by atoms with Gasteiger partial charge < -0.3 is 14.6 Å². The average molecular weight is 327 g/mol. The minimum atomic E-state index is 0.0722. The van der Waals surface area contributed by atoms with Crippen LogP contribution < -0.4 is 4.74 Å². The van der Waals surface area contributed by atoms with Crippen LogP contribution in [-0.2, 0) is 4.74 Å². The molecule has 24 heavy (non-hydrogen) atoms. The summed E-state index contributed by atoms with van der Waals surface area (Å²) in [4.78, 5) is 2.46. The maximum absolute atomic E-state index is 10.4. The first-order valence-corrected chi connectivity index (χ1v) is 8.53. The van der Waals surface area contributed by atoms with E-state index in [1.807, 2.05) is 30.3 Å². The normalized spacial score (nSPS) is 16.7. The van der Waals surface area contributed by atoms with Crippen molar-refractivity contribution >= 4 is 0 Å². The van der Waals surface area contributed by atoms with Gasteiger partial charge in [-0.1, -0.05) is 36.8 Å². The van der Waals surface area contributed by atoms with Crippen LogP contribution in [0.5, 0.6) is 11.5 Å². The van der Waals surface area contributed by atoms with Crippen molar-refractivity contribution in [3.05, 3.63) is 59.7 Å². The number of phenolic OH excluding ortho intramolecular Hbond substituents is 1. The molecule has 2 aromatic rings. The summed E-state index contributed by atoms with van der Waals surface area (Å²) in [5.74, 6) is 1.14. The number of benzene rings is 2. The number of hydrogen-bond donors (Lipinski definition) is 1. The van der Waals surface area contributed by atoms with Crippen LogP contribution in [0.4, 0.5) is 0 Å². The molecule has 1 fully saturated rings. The molecule has 1 N–H and O–H groups in total. The second kappa shape index (κ2) is 8.18. The number of hydrogen-bond acceptors (Lipinski definition) is 4. The SMILES string of the molecule is COCOc1ccc([C@H](c2ccccc2O)N2CCCCC2)cc1. The first kappa shape index (κ1) is 16.8. The number of rotatable bonds is 6. The lowest BCUT2D eigenvalue weighted by molar-refractivity contribution is 0.0511. The van der Waals surface area contributed by atoms with Crippen molar-refractivity contribution in [2.24, 2.45) is 0 Å². The van der Waals surface area contributed by atoms with Crippen molar-refractivity contribution in [2.75, 3.05) is 27.0 Å². The molecule has 1 aliphatic rings. The summed E-state index contributed by atoms with van der Waals surface area (Å²) in [7, 11) is 1.61. The summed E-state index contributed by atoms with van der Waals surface area (Å²) in [6.07, 6.45) is 3.70. The van der Waals surface area contributed by atoms with Gasteiger partial charge in [0.05, 0.1) is 6.04 Å². The zero-order valence-electron chi connectivity index (χ0n) is 14.1. The summed E-state index contributed by atoms with van der Waals surface area (Å²) in [5.41, 5.74) is 2.13. The number of methoxy groups -OCH3 is 1. The van der Waals surface area contributed by atoms with E-state index in [2.05, 4.69) is 17.0 Å². The number of likely N-dealkylation sites (tertiary alicyclic amines) is 1. The Morgan fingerprint density at radius 2 is 1.71 bits per heavy atom. The first-order valence-electron chi connectivity index (χ1n) is 8.53. The molecular formula is C20H25NO3. The number of phenols is 1. The topological polar surface area (TPSA) is 41.9 Å². The number of para-hydroxylation sites is 1. The third kappa shape index (κ3) is 3.89. The minimum absolute atomic E-state index is 0.0722. The fourth-order valence-electron chi connectivity index (χ4n) is 3.36. The van der Waals surface area contributed by atoms with Crippen LogP contribution in [0.1, 0.15) is 36.4 Å². The summed E-state index contributed by atoms with van der Waals surface area (Å²) in [6.45, 7) is 2.36. The van der Waals surface area contributed by atoms with Crippen LogP contribution in [0.25, 0.3) is 0 Å². The van der Waals surface area contributed by atoms with Gasteiger partial charge in [0.2, 0.25) is 0 Å². The van der Waals surface area contributed by atoms with E-state index in [1.54, 1.807) is 13.2 Å². The number of nitrogens with zero attached hydrogens (tertiary/aromatic N) is 1. The number of aromatic hydroxyl groups is 1. The summed E-state index contributed by atoms with van der Waals surface area (Å²) < 4.78 is 10.4. The van der Waals surface area contributed by atoms with Crippen LogP contribution in [0.3, 0.4) is 0 Å². The van der Waals surface area contributed by atoms with Gasteiger partial charge in [0.15, 0.2) is 6.79 Å². The Kier molecular flexibility index (Phi) is 5.72. The quantitative estimate of drug-likeness (QED) is 0.816. The number of piperidine rings is 1. The largest absolute Gasteiger partial charge is 0.508 e. The molecule has 1 saturated heterocycles. The maximum Gasteiger partial charge on any atom is 0.188 e. The van der Waals surface area contributed by atoms with Gasteiger partial charge in [0.1, 0.15) is 11.5 Å². The smallest absolute Gasteiger partial charge is 0.188 e. The Hall–Kier alpha value is -2.04. The molecule has 1 atom stereocenters. The van der Waals surface area contributed by atoms with Crippen LogP contribution in [0.2, 0.25) is 0 Å². The van der Waals surface area contributed by atoms with Gasteiger partial charge in [-0.15, -0.1) is 0 Å². The summed E-state index contributed by atoms with van der Waals surface area (Å²) in [6, 6.07) is 15.8. The Bertz CT molecular complexity index is 636. The van der Waals surface area contributed by atoms with Crippen LogP contribution in [0, 0.1) is 0 Å². The summed E-state index contributed by atoms with van der Waals surface area (Å²) >= 11 is 0. The van der Waals surface area contributed by atoms with Crippen molar-refractivity contribution in [2.45, 2.75) is 25.3 Å². The van der Waals surface area contributed by atoms with E-state index in [-0.39, 0.29) is 12.8 Å². The molecule has 0 spiro atoms.